The van der Waals surface area contributed by atoms with Crippen molar-refractivity contribution in [2.75, 3.05) is 38.8 Å². The number of methoxy groups -OCH3 is 1. The highest BCUT2D eigenvalue weighted by Gasteiger charge is 2.34. The quantitative estimate of drug-likeness (QED) is 0.776. The van der Waals surface area contributed by atoms with E-state index in [-0.39, 0.29) is 5.60 Å². The van der Waals surface area contributed by atoms with Crippen LogP contribution in [0.3, 0.4) is 0 Å². The van der Waals surface area contributed by atoms with Gasteiger partial charge in [0.2, 0.25) is 0 Å². The molecule has 6 nitrogen and oxygen atoms in total. The molecular weight excluding hydrogens is 282 g/mol. The summed E-state index contributed by atoms with van der Waals surface area (Å²) in [6.45, 7) is 4.81. The summed E-state index contributed by atoms with van der Waals surface area (Å²) in [5, 5.41) is 3.63. The molecule has 1 aliphatic heterocycles. The molecule has 1 aliphatic rings. The van der Waals surface area contributed by atoms with Gasteiger partial charge in [0.15, 0.2) is 5.82 Å². The maximum Gasteiger partial charge on any atom is 0.158 e. The number of hydrogen-bond acceptors (Lipinski definition) is 6. The summed E-state index contributed by atoms with van der Waals surface area (Å²) in [7, 11) is 1.70. The van der Waals surface area contributed by atoms with Crippen molar-refractivity contribution in [3.8, 4) is 0 Å². The normalized spacial score (nSPS) is 22.1. The topological polar surface area (TPSA) is 65.5 Å². The van der Waals surface area contributed by atoms with Crippen molar-refractivity contribution >= 4 is 17.4 Å². The first-order valence-corrected chi connectivity index (χ1v) is 7.03. The molecule has 0 spiro atoms. The van der Waals surface area contributed by atoms with Crippen molar-refractivity contribution in [3.63, 3.8) is 0 Å². The molecule has 1 atom stereocenters. The fraction of sp³-hybridized carbons (Fsp3) is 0.692. The van der Waals surface area contributed by atoms with Gasteiger partial charge in [-0.3, -0.25) is 0 Å². The molecule has 1 aromatic rings. The average molecular weight is 302 g/mol. The fourth-order valence-corrected chi connectivity index (χ4v) is 2.23. The molecule has 7 heteroatoms. The van der Waals surface area contributed by atoms with Crippen LogP contribution in [0.25, 0.3) is 0 Å². The number of nitrogens with zero attached hydrogens (tertiary/aromatic N) is 2. The van der Waals surface area contributed by atoms with Crippen LogP contribution in [0.2, 0.25) is 5.15 Å². The number of hydrogen-bond donors (Lipinski definition) is 1. The Morgan fingerprint density at radius 1 is 1.50 bits per heavy atom. The highest BCUT2D eigenvalue weighted by Crippen LogP contribution is 2.23. The van der Waals surface area contributed by atoms with E-state index in [2.05, 4.69) is 15.3 Å². The van der Waals surface area contributed by atoms with Gasteiger partial charge in [-0.2, -0.15) is 0 Å². The predicted molar refractivity (Wildman–Crippen MR) is 76.0 cm³/mol. The number of halogens is 1. The van der Waals surface area contributed by atoms with Gasteiger partial charge in [-0.15, -0.1) is 0 Å². The van der Waals surface area contributed by atoms with Gasteiger partial charge in [-0.1, -0.05) is 11.6 Å². The van der Waals surface area contributed by atoms with Crippen LogP contribution in [0, 0.1) is 0 Å². The first kappa shape index (κ1) is 15.4. The Morgan fingerprint density at radius 2 is 2.35 bits per heavy atom. The molecule has 1 N–H and O–H groups in total. The molecule has 1 aromatic heterocycles. The Labute approximate surface area is 123 Å². The molecule has 112 valence electrons. The summed E-state index contributed by atoms with van der Waals surface area (Å²) in [4.78, 5) is 8.49. The lowest BCUT2D eigenvalue weighted by atomic mass is 10.0. The predicted octanol–water partition coefficient (Wildman–Crippen LogP) is 1.88. The molecule has 2 heterocycles. The second-order valence-corrected chi connectivity index (χ2v) is 5.06. The lowest BCUT2D eigenvalue weighted by Crippen LogP contribution is -2.39. The molecule has 0 saturated carbocycles. The minimum atomic E-state index is -0.294. The van der Waals surface area contributed by atoms with Crippen molar-refractivity contribution in [3.05, 3.63) is 17.0 Å². The van der Waals surface area contributed by atoms with Gasteiger partial charge in [0.05, 0.1) is 6.61 Å². The summed E-state index contributed by atoms with van der Waals surface area (Å²) < 4.78 is 16.2. The van der Waals surface area contributed by atoms with E-state index in [0.717, 1.165) is 13.0 Å². The molecule has 2 rings (SSSR count). The minimum absolute atomic E-state index is 0.294. The first-order valence-electron chi connectivity index (χ1n) is 6.65. The Bertz CT molecular complexity index is 439. The van der Waals surface area contributed by atoms with Crippen LogP contribution in [0.4, 0.5) is 5.82 Å². The smallest absolute Gasteiger partial charge is 0.158 e. The van der Waals surface area contributed by atoms with Gasteiger partial charge in [0, 0.05) is 39.4 Å². The molecule has 0 aromatic carbocycles. The molecule has 1 fully saturated rings. The Kier molecular flexibility index (Phi) is 5.54. The first-order chi connectivity index (χ1) is 9.67. The van der Waals surface area contributed by atoms with Crippen LogP contribution >= 0.6 is 11.6 Å². The summed E-state index contributed by atoms with van der Waals surface area (Å²) in [5.41, 5.74) is -0.294. The van der Waals surface area contributed by atoms with Crippen molar-refractivity contribution in [2.24, 2.45) is 0 Å². The molecule has 1 unspecified atom stereocenters. The minimum Gasteiger partial charge on any atom is -0.378 e. The number of ether oxygens (including phenoxy) is 3. The lowest BCUT2D eigenvalue weighted by Gasteiger charge is -2.26. The summed E-state index contributed by atoms with van der Waals surface area (Å²) in [5.74, 6) is 1.24. The Hall–Kier alpha value is -0.950. The third kappa shape index (κ3) is 4.02. The number of aromatic nitrogens is 2. The van der Waals surface area contributed by atoms with Gasteiger partial charge in [-0.05, 0) is 6.92 Å². The summed E-state index contributed by atoms with van der Waals surface area (Å²) >= 11 is 5.99. The molecule has 20 heavy (non-hydrogen) atoms. The second kappa shape index (κ2) is 7.17. The fourth-order valence-electron chi connectivity index (χ4n) is 2.03. The zero-order valence-electron chi connectivity index (χ0n) is 11.8. The molecule has 0 amide bonds. The summed E-state index contributed by atoms with van der Waals surface area (Å²) in [6, 6.07) is 1.69. The molecule has 0 radical (unpaired) electrons. The van der Waals surface area contributed by atoms with Crippen molar-refractivity contribution in [1.82, 2.24) is 9.97 Å². The third-order valence-corrected chi connectivity index (χ3v) is 3.46. The maximum atomic E-state index is 5.99. The van der Waals surface area contributed by atoms with Gasteiger partial charge in [0.1, 0.15) is 23.2 Å². The molecule has 1 saturated heterocycles. The van der Waals surface area contributed by atoms with Gasteiger partial charge < -0.3 is 19.5 Å². The van der Waals surface area contributed by atoms with Gasteiger partial charge >= 0.3 is 0 Å². The Balaban J connectivity index is 1.99. The van der Waals surface area contributed by atoms with Crippen molar-refractivity contribution < 1.29 is 14.2 Å². The largest absolute Gasteiger partial charge is 0.378 e. The SMILES string of the molecule is CCOCc1nc(Cl)cc(NCC2(OC)CCOC2)n1. The van der Waals surface area contributed by atoms with Crippen molar-refractivity contribution in [2.45, 2.75) is 25.6 Å². The molecule has 0 bridgehead atoms. The second-order valence-electron chi connectivity index (χ2n) is 4.67. The van der Waals surface area contributed by atoms with Crippen LogP contribution in [0.1, 0.15) is 19.2 Å². The molecular formula is C13H20ClN3O3. The molecule has 0 aliphatic carbocycles. The number of anilines is 1. The Morgan fingerprint density at radius 3 is 3.00 bits per heavy atom. The summed E-state index contributed by atoms with van der Waals surface area (Å²) in [6.07, 6.45) is 0.862. The zero-order valence-corrected chi connectivity index (χ0v) is 12.6. The van der Waals surface area contributed by atoms with E-state index in [1.54, 1.807) is 13.2 Å². The number of nitrogens with one attached hydrogen (secondary N) is 1. The van der Waals surface area contributed by atoms with E-state index < -0.39 is 0 Å². The van der Waals surface area contributed by atoms with Crippen LogP contribution in [-0.2, 0) is 20.8 Å². The van der Waals surface area contributed by atoms with Crippen LogP contribution in [0.15, 0.2) is 6.07 Å². The highest BCUT2D eigenvalue weighted by atomic mass is 35.5. The zero-order chi connectivity index (χ0) is 14.4. The average Bonchev–Trinajstić information content (AvgIpc) is 2.92. The maximum absolute atomic E-state index is 5.99. The van der Waals surface area contributed by atoms with Gasteiger partial charge in [0.25, 0.3) is 0 Å². The van der Waals surface area contributed by atoms with Crippen molar-refractivity contribution in [1.29, 1.82) is 0 Å². The third-order valence-electron chi connectivity index (χ3n) is 3.27. The number of rotatable bonds is 7. The standard InChI is InChI=1S/C13H20ClN3O3/c1-3-19-7-12-16-10(14)6-11(17-12)15-8-13(18-2)4-5-20-9-13/h6H,3-5,7-9H2,1-2H3,(H,15,16,17). The monoisotopic (exact) mass is 301 g/mol. The van der Waals surface area contributed by atoms with Crippen LogP contribution in [0.5, 0.6) is 0 Å². The van der Waals surface area contributed by atoms with E-state index >= 15 is 0 Å². The lowest BCUT2D eigenvalue weighted by molar-refractivity contribution is -0.00626. The van der Waals surface area contributed by atoms with E-state index in [1.807, 2.05) is 6.92 Å². The van der Waals surface area contributed by atoms with E-state index in [9.17, 15) is 0 Å². The highest BCUT2D eigenvalue weighted by molar-refractivity contribution is 6.29. The van der Waals surface area contributed by atoms with E-state index in [4.69, 9.17) is 25.8 Å². The van der Waals surface area contributed by atoms with E-state index in [0.29, 0.717) is 43.2 Å². The van der Waals surface area contributed by atoms with Crippen LogP contribution in [-0.4, -0.2) is 49.0 Å². The van der Waals surface area contributed by atoms with Gasteiger partial charge in [-0.25, -0.2) is 9.97 Å². The van der Waals surface area contributed by atoms with Crippen LogP contribution < -0.4 is 5.32 Å². The van der Waals surface area contributed by atoms with E-state index in [1.165, 1.54) is 0 Å².